The molecule has 1 heteroatoms. The third-order valence-corrected chi connectivity index (χ3v) is 6.51. The second-order valence-electron chi connectivity index (χ2n) is 8.87. The van der Waals surface area contributed by atoms with Gasteiger partial charge in [-0.1, -0.05) is 91.0 Å². The van der Waals surface area contributed by atoms with Gasteiger partial charge in [0, 0.05) is 16.5 Å². The summed E-state index contributed by atoms with van der Waals surface area (Å²) in [4.78, 5) is 0. The van der Waals surface area contributed by atoms with Crippen LogP contribution in [-0.4, -0.2) is 4.57 Å². The van der Waals surface area contributed by atoms with E-state index >= 15 is 0 Å². The molecule has 6 aromatic rings. The molecule has 0 aliphatic rings. The Hall–Kier alpha value is -4.10. The standard InChI is InChI=1S/C32H25N/c1-22-10-18-29-30-19-11-23(2)21-32(30)33(31(29)20-22)27-16-13-24(14-17-27)12-15-26-8-5-7-25-6-3-4-9-28(25)26/h3-21H,1-2H3. The minimum Gasteiger partial charge on any atom is -0.309 e. The summed E-state index contributed by atoms with van der Waals surface area (Å²) in [6, 6.07) is 37.4. The summed E-state index contributed by atoms with van der Waals surface area (Å²) in [6.45, 7) is 4.32. The van der Waals surface area contributed by atoms with Crippen molar-refractivity contribution >= 4 is 44.7 Å². The van der Waals surface area contributed by atoms with E-state index in [1.54, 1.807) is 0 Å². The summed E-state index contributed by atoms with van der Waals surface area (Å²) >= 11 is 0. The molecule has 0 saturated heterocycles. The Bertz CT molecular complexity index is 1600. The highest BCUT2D eigenvalue weighted by molar-refractivity contribution is 6.09. The van der Waals surface area contributed by atoms with E-state index in [-0.39, 0.29) is 0 Å². The fourth-order valence-electron chi connectivity index (χ4n) is 4.83. The van der Waals surface area contributed by atoms with E-state index in [0.29, 0.717) is 0 Å². The smallest absolute Gasteiger partial charge is 0.0543 e. The highest BCUT2D eigenvalue weighted by Gasteiger charge is 2.12. The molecule has 0 amide bonds. The maximum atomic E-state index is 2.39. The van der Waals surface area contributed by atoms with Gasteiger partial charge in [-0.2, -0.15) is 0 Å². The van der Waals surface area contributed by atoms with Gasteiger partial charge in [0.15, 0.2) is 0 Å². The predicted octanol–water partition coefficient (Wildman–Crippen LogP) is 8.72. The summed E-state index contributed by atoms with van der Waals surface area (Å²) in [7, 11) is 0. The van der Waals surface area contributed by atoms with E-state index in [4.69, 9.17) is 0 Å². The van der Waals surface area contributed by atoms with E-state index in [0.717, 1.165) is 0 Å². The molecule has 0 aliphatic carbocycles. The molecule has 1 nitrogen and oxygen atoms in total. The lowest BCUT2D eigenvalue weighted by Crippen LogP contribution is -1.94. The Balaban J connectivity index is 1.43. The van der Waals surface area contributed by atoms with Crippen LogP contribution in [-0.2, 0) is 0 Å². The van der Waals surface area contributed by atoms with Crippen molar-refractivity contribution in [3.8, 4) is 5.69 Å². The zero-order valence-corrected chi connectivity index (χ0v) is 18.9. The van der Waals surface area contributed by atoms with Gasteiger partial charge in [-0.3, -0.25) is 0 Å². The zero-order valence-electron chi connectivity index (χ0n) is 18.9. The Morgan fingerprint density at radius 1 is 0.545 bits per heavy atom. The van der Waals surface area contributed by atoms with Crippen LogP contribution in [0, 0.1) is 13.8 Å². The van der Waals surface area contributed by atoms with Crippen LogP contribution in [0.4, 0.5) is 0 Å². The van der Waals surface area contributed by atoms with Crippen LogP contribution >= 0.6 is 0 Å². The van der Waals surface area contributed by atoms with Crippen molar-refractivity contribution in [2.75, 3.05) is 0 Å². The highest BCUT2D eigenvalue weighted by atomic mass is 15.0. The molecule has 0 fully saturated rings. The topological polar surface area (TPSA) is 4.93 Å². The average molecular weight is 424 g/mol. The van der Waals surface area contributed by atoms with Crippen molar-refractivity contribution in [2.24, 2.45) is 0 Å². The van der Waals surface area contributed by atoms with E-state index in [1.165, 1.54) is 60.5 Å². The average Bonchev–Trinajstić information content (AvgIpc) is 3.15. The van der Waals surface area contributed by atoms with E-state index < -0.39 is 0 Å². The van der Waals surface area contributed by atoms with Gasteiger partial charge in [0.05, 0.1) is 11.0 Å². The molecule has 0 spiro atoms. The lowest BCUT2D eigenvalue weighted by atomic mass is 10.0. The molecule has 0 aliphatic heterocycles. The molecule has 1 aromatic heterocycles. The van der Waals surface area contributed by atoms with Crippen molar-refractivity contribution in [1.29, 1.82) is 0 Å². The van der Waals surface area contributed by atoms with Gasteiger partial charge in [-0.05, 0) is 71.1 Å². The third-order valence-electron chi connectivity index (χ3n) is 6.51. The second kappa shape index (κ2) is 7.79. The number of rotatable bonds is 3. The third kappa shape index (κ3) is 3.43. The van der Waals surface area contributed by atoms with Crippen LogP contribution in [0.2, 0.25) is 0 Å². The lowest BCUT2D eigenvalue weighted by molar-refractivity contribution is 1.17. The van der Waals surface area contributed by atoms with E-state index in [2.05, 4.69) is 134 Å². The summed E-state index contributed by atoms with van der Waals surface area (Å²) in [6.07, 6.45) is 4.41. The highest BCUT2D eigenvalue weighted by Crippen LogP contribution is 2.33. The predicted molar refractivity (Wildman–Crippen MR) is 143 cm³/mol. The number of aromatic nitrogens is 1. The second-order valence-corrected chi connectivity index (χ2v) is 8.87. The molecule has 0 atom stereocenters. The summed E-state index contributed by atoms with van der Waals surface area (Å²) < 4.78 is 2.39. The van der Waals surface area contributed by atoms with Crippen LogP contribution in [0.15, 0.2) is 103 Å². The normalized spacial score (nSPS) is 11.8. The minimum absolute atomic E-state index is 1.19. The largest absolute Gasteiger partial charge is 0.309 e. The molecule has 1 heterocycles. The first kappa shape index (κ1) is 19.6. The maximum absolute atomic E-state index is 2.39. The van der Waals surface area contributed by atoms with Crippen molar-refractivity contribution in [3.63, 3.8) is 0 Å². The number of nitrogens with zero attached hydrogens (tertiary/aromatic N) is 1. The van der Waals surface area contributed by atoms with Gasteiger partial charge >= 0.3 is 0 Å². The minimum atomic E-state index is 1.19. The van der Waals surface area contributed by atoms with Gasteiger partial charge in [0.2, 0.25) is 0 Å². The van der Waals surface area contributed by atoms with Crippen LogP contribution in [0.25, 0.3) is 50.4 Å². The van der Waals surface area contributed by atoms with E-state index in [1.807, 2.05) is 0 Å². The number of aryl methyl sites for hydroxylation is 2. The molecule has 0 radical (unpaired) electrons. The van der Waals surface area contributed by atoms with Crippen molar-refractivity contribution < 1.29 is 0 Å². The molecule has 5 aromatic carbocycles. The van der Waals surface area contributed by atoms with Crippen molar-refractivity contribution in [1.82, 2.24) is 4.57 Å². The van der Waals surface area contributed by atoms with Crippen LogP contribution in [0.5, 0.6) is 0 Å². The van der Waals surface area contributed by atoms with E-state index in [9.17, 15) is 0 Å². The lowest BCUT2D eigenvalue weighted by Gasteiger charge is -2.09. The first-order valence-corrected chi connectivity index (χ1v) is 11.5. The number of benzene rings is 5. The summed E-state index contributed by atoms with van der Waals surface area (Å²) in [5.74, 6) is 0. The van der Waals surface area contributed by atoms with Crippen LogP contribution < -0.4 is 0 Å². The molecule has 0 N–H and O–H groups in total. The molecule has 33 heavy (non-hydrogen) atoms. The summed E-state index contributed by atoms with van der Waals surface area (Å²) in [5, 5.41) is 5.15. The first-order chi connectivity index (χ1) is 16.2. The van der Waals surface area contributed by atoms with Crippen molar-refractivity contribution in [3.05, 3.63) is 125 Å². The number of fused-ring (bicyclic) bond motifs is 4. The quantitative estimate of drug-likeness (QED) is 0.251. The Morgan fingerprint density at radius 3 is 1.88 bits per heavy atom. The SMILES string of the molecule is Cc1ccc2c3ccc(C)cc3n(-c3ccc(C=Cc4cccc5ccccc45)cc3)c2c1. The zero-order chi connectivity index (χ0) is 22.4. The summed E-state index contributed by atoms with van der Waals surface area (Å²) in [5.41, 5.74) is 8.69. The van der Waals surface area contributed by atoms with Gasteiger partial charge in [-0.25, -0.2) is 0 Å². The molecule has 158 valence electrons. The molecule has 0 saturated carbocycles. The van der Waals surface area contributed by atoms with Crippen LogP contribution in [0.3, 0.4) is 0 Å². The first-order valence-electron chi connectivity index (χ1n) is 11.5. The Kier molecular flexibility index (Phi) is 4.62. The monoisotopic (exact) mass is 423 g/mol. The van der Waals surface area contributed by atoms with Gasteiger partial charge in [-0.15, -0.1) is 0 Å². The van der Waals surface area contributed by atoms with Crippen LogP contribution in [0.1, 0.15) is 22.3 Å². The van der Waals surface area contributed by atoms with Crippen molar-refractivity contribution in [2.45, 2.75) is 13.8 Å². The molecule has 6 rings (SSSR count). The fourth-order valence-corrected chi connectivity index (χ4v) is 4.83. The van der Waals surface area contributed by atoms with Gasteiger partial charge < -0.3 is 4.57 Å². The molecule has 0 unspecified atom stereocenters. The van der Waals surface area contributed by atoms with Gasteiger partial charge in [0.25, 0.3) is 0 Å². The van der Waals surface area contributed by atoms with Gasteiger partial charge in [0.1, 0.15) is 0 Å². The fraction of sp³-hybridized carbons (Fsp3) is 0.0625. The Morgan fingerprint density at radius 2 is 1.18 bits per heavy atom. The Labute approximate surface area is 194 Å². The molecule has 0 bridgehead atoms. The number of hydrogen-bond donors (Lipinski definition) is 0. The number of hydrogen-bond acceptors (Lipinski definition) is 0. The maximum Gasteiger partial charge on any atom is 0.0543 e. The molecular formula is C32H25N. The molecular weight excluding hydrogens is 398 g/mol.